The number of hydrogen-bond acceptors (Lipinski definition) is 6. The van der Waals surface area contributed by atoms with E-state index in [1.54, 1.807) is 0 Å². The zero-order chi connectivity index (χ0) is 21.8. The Labute approximate surface area is 184 Å². The summed E-state index contributed by atoms with van der Waals surface area (Å²) in [4.78, 5) is 30.9. The van der Waals surface area contributed by atoms with Crippen molar-refractivity contribution in [2.24, 2.45) is 0 Å². The number of anilines is 3. The van der Waals surface area contributed by atoms with Gasteiger partial charge in [0.15, 0.2) is 0 Å². The van der Waals surface area contributed by atoms with Gasteiger partial charge in [0, 0.05) is 64.1 Å². The summed E-state index contributed by atoms with van der Waals surface area (Å²) in [5.74, 6) is 2.76. The number of nitrogens with zero attached hydrogens (tertiary/aromatic N) is 6. The molecule has 0 unspecified atom stereocenters. The Balaban J connectivity index is 1.36. The SMILES string of the molecule is CCc1cccc(NC(=O)N2CCN(c3cc(N4CCN(C)CC4)nc(C)n3)CC2)c1. The van der Waals surface area contributed by atoms with Gasteiger partial charge in [0.25, 0.3) is 0 Å². The number of carbonyl (C=O) groups excluding carboxylic acids is 1. The van der Waals surface area contributed by atoms with E-state index in [-0.39, 0.29) is 6.03 Å². The van der Waals surface area contributed by atoms with Crippen LogP contribution in [0.1, 0.15) is 18.3 Å². The largest absolute Gasteiger partial charge is 0.354 e. The monoisotopic (exact) mass is 423 g/mol. The summed E-state index contributed by atoms with van der Waals surface area (Å²) in [7, 11) is 2.16. The molecule has 2 aliphatic rings. The molecule has 2 aromatic rings. The molecule has 166 valence electrons. The number of hydrogen-bond donors (Lipinski definition) is 1. The highest BCUT2D eigenvalue weighted by Crippen LogP contribution is 2.22. The first kappa shape index (κ1) is 21.4. The lowest BCUT2D eigenvalue weighted by Crippen LogP contribution is -2.50. The van der Waals surface area contributed by atoms with Gasteiger partial charge in [-0.2, -0.15) is 0 Å². The number of nitrogens with one attached hydrogen (secondary N) is 1. The van der Waals surface area contributed by atoms with Crippen LogP contribution in [-0.4, -0.2) is 85.2 Å². The normalized spacial score (nSPS) is 17.7. The molecule has 0 radical (unpaired) electrons. The number of rotatable bonds is 4. The number of benzene rings is 1. The third kappa shape index (κ3) is 5.25. The molecule has 1 aromatic heterocycles. The van der Waals surface area contributed by atoms with Crippen LogP contribution in [-0.2, 0) is 6.42 Å². The van der Waals surface area contributed by atoms with Crippen molar-refractivity contribution in [3.8, 4) is 0 Å². The van der Waals surface area contributed by atoms with E-state index in [1.165, 1.54) is 5.56 Å². The predicted molar refractivity (Wildman–Crippen MR) is 125 cm³/mol. The zero-order valence-electron chi connectivity index (χ0n) is 18.8. The minimum absolute atomic E-state index is 0.0371. The Morgan fingerprint density at radius 3 is 2.16 bits per heavy atom. The van der Waals surface area contributed by atoms with E-state index in [4.69, 9.17) is 0 Å². The number of likely N-dealkylation sites (N-methyl/N-ethyl adjacent to an activating group) is 1. The van der Waals surface area contributed by atoms with Crippen LogP contribution in [0.3, 0.4) is 0 Å². The van der Waals surface area contributed by atoms with Crippen LogP contribution >= 0.6 is 0 Å². The molecule has 8 nitrogen and oxygen atoms in total. The fraction of sp³-hybridized carbons (Fsp3) is 0.522. The average Bonchev–Trinajstić information content (AvgIpc) is 2.79. The molecular weight excluding hydrogens is 390 g/mol. The van der Waals surface area contributed by atoms with Gasteiger partial charge in [-0.1, -0.05) is 19.1 Å². The lowest BCUT2D eigenvalue weighted by molar-refractivity contribution is 0.208. The van der Waals surface area contributed by atoms with E-state index in [9.17, 15) is 4.79 Å². The molecule has 2 fully saturated rings. The van der Waals surface area contributed by atoms with Gasteiger partial charge in [0.2, 0.25) is 0 Å². The third-order valence-corrected chi connectivity index (χ3v) is 6.12. The van der Waals surface area contributed by atoms with Crippen LogP contribution in [0.2, 0.25) is 0 Å². The molecule has 0 aliphatic carbocycles. The van der Waals surface area contributed by atoms with Crippen molar-refractivity contribution < 1.29 is 4.79 Å². The Morgan fingerprint density at radius 2 is 1.55 bits per heavy atom. The Bertz CT molecular complexity index is 903. The molecule has 0 atom stereocenters. The van der Waals surface area contributed by atoms with E-state index in [0.717, 1.165) is 68.8 Å². The maximum atomic E-state index is 12.7. The molecule has 2 saturated heterocycles. The van der Waals surface area contributed by atoms with Crippen LogP contribution in [0, 0.1) is 6.92 Å². The summed E-state index contributed by atoms with van der Waals surface area (Å²) < 4.78 is 0. The van der Waals surface area contributed by atoms with E-state index >= 15 is 0 Å². The molecule has 2 amide bonds. The number of piperazine rings is 2. The summed E-state index contributed by atoms with van der Waals surface area (Å²) in [6, 6.07) is 10.1. The van der Waals surface area contributed by atoms with Crippen LogP contribution in [0.15, 0.2) is 30.3 Å². The molecule has 0 saturated carbocycles. The number of amides is 2. The third-order valence-electron chi connectivity index (χ3n) is 6.12. The fourth-order valence-corrected chi connectivity index (χ4v) is 4.11. The van der Waals surface area contributed by atoms with Gasteiger partial charge in [-0.25, -0.2) is 14.8 Å². The molecule has 4 rings (SSSR count). The second-order valence-electron chi connectivity index (χ2n) is 8.38. The molecule has 31 heavy (non-hydrogen) atoms. The van der Waals surface area contributed by atoms with Crippen LogP contribution in [0.25, 0.3) is 0 Å². The number of carbonyl (C=O) groups is 1. The molecule has 8 heteroatoms. The maximum absolute atomic E-state index is 12.7. The predicted octanol–water partition coefficient (Wildman–Crippen LogP) is 2.45. The standard InChI is InChI=1S/C23H33N7O/c1-4-19-6-5-7-20(16-19)26-23(31)30-14-12-29(13-15-30)22-17-21(24-18(2)25-22)28-10-8-27(3)9-11-28/h5-7,16-17H,4,8-15H2,1-3H3,(H,26,31). The molecular formula is C23H33N7O. The van der Waals surface area contributed by atoms with Crippen LogP contribution < -0.4 is 15.1 Å². The van der Waals surface area contributed by atoms with E-state index < -0.39 is 0 Å². The number of aryl methyl sites for hydroxylation is 2. The van der Waals surface area contributed by atoms with Crippen molar-refractivity contribution in [3.05, 3.63) is 41.7 Å². The van der Waals surface area contributed by atoms with Gasteiger partial charge in [0.1, 0.15) is 17.5 Å². The lowest BCUT2D eigenvalue weighted by atomic mass is 10.1. The highest BCUT2D eigenvalue weighted by atomic mass is 16.2. The zero-order valence-corrected chi connectivity index (χ0v) is 18.8. The summed E-state index contributed by atoms with van der Waals surface area (Å²) in [5, 5.41) is 3.04. The average molecular weight is 424 g/mol. The Hall–Kier alpha value is -2.87. The van der Waals surface area contributed by atoms with Crippen molar-refractivity contribution in [3.63, 3.8) is 0 Å². The minimum atomic E-state index is -0.0371. The molecule has 1 N–H and O–H groups in total. The second-order valence-corrected chi connectivity index (χ2v) is 8.38. The van der Waals surface area contributed by atoms with Gasteiger partial charge < -0.3 is 24.9 Å². The second kappa shape index (κ2) is 9.51. The Kier molecular flexibility index (Phi) is 6.56. The van der Waals surface area contributed by atoms with Crippen LogP contribution in [0.5, 0.6) is 0 Å². The topological polar surface area (TPSA) is 67.8 Å². The summed E-state index contributed by atoms with van der Waals surface area (Å²) in [5.41, 5.74) is 2.08. The van der Waals surface area contributed by atoms with Gasteiger partial charge in [-0.15, -0.1) is 0 Å². The van der Waals surface area contributed by atoms with Crippen molar-refractivity contribution in [2.45, 2.75) is 20.3 Å². The maximum Gasteiger partial charge on any atom is 0.321 e. The van der Waals surface area contributed by atoms with E-state index in [1.807, 2.05) is 30.0 Å². The minimum Gasteiger partial charge on any atom is -0.354 e. The molecule has 3 heterocycles. The summed E-state index contributed by atoms with van der Waals surface area (Å²) in [6.07, 6.45) is 0.955. The first-order chi connectivity index (χ1) is 15.0. The van der Waals surface area contributed by atoms with E-state index in [2.05, 4.69) is 56.1 Å². The van der Waals surface area contributed by atoms with E-state index in [0.29, 0.717) is 13.1 Å². The summed E-state index contributed by atoms with van der Waals surface area (Å²) >= 11 is 0. The quantitative estimate of drug-likeness (QED) is 0.815. The lowest BCUT2D eigenvalue weighted by Gasteiger charge is -2.36. The number of aromatic nitrogens is 2. The smallest absolute Gasteiger partial charge is 0.321 e. The molecule has 0 bridgehead atoms. The fourth-order valence-electron chi connectivity index (χ4n) is 4.11. The Morgan fingerprint density at radius 1 is 0.935 bits per heavy atom. The first-order valence-corrected chi connectivity index (χ1v) is 11.2. The van der Waals surface area contributed by atoms with Crippen LogP contribution in [0.4, 0.5) is 22.1 Å². The van der Waals surface area contributed by atoms with Crippen molar-refractivity contribution in [1.82, 2.24) is 19.8 Å². The van der Waals surface area contributed by atoms with Crippen molar-refractivity contribution in [2.75, 3.05) is 74.5 Å². The number of urea groups is 1. The molecule has 1 aromatic carbocycles. The highest BCUT2D eigenvalue weighted by molar-refractivity contribution is 5.89. The van der Waals surface area contributed by atoms with Gasteiger partial charge in [-0.05, 0) is 38.1 Å². The van der Waals surface area contributed by atoms with Crippen molar-refractivity contribution in [1.29, 1.82) is 0 Å². The highest BCUT2D eigenvalue weighted by Gasteiger charge is 2.24. The van der Waals surface area contributed by atoms with Gasteiger partial charge >= 0.3 is 6.03 Å². The molecule has 0 spiro atoms. The van der Waals surface area contributed by atoms with Crippen molar-refractivity contribution >= 4 is 23.4 Å². The van der Waals surface area contributed by atoms with Gasteiger partial charge in [-0.3, -0.25) is 0 Å². The van der Waals surface area contributed by atoms with Gasteiger partial charge in [0.05, 0.1) is 0 Å². The summed E-state index contributed by atoms with van der Waals surface area (Å²) in [6.45, 7) is 11.0. The first-order valence-electron chi connectivity index (χ1n) is 11.2. The molecule has 2 aliphatic heterocycles.